The minimum absolute atomic E-state index is 0.0337. The molecule has 1 heterocycles. The van der Waals surface area contributed by atoms with Crippen molar-refractivity contribution >= 4 is 0 Å². The van der Waals surface area contributed by atoms with Crippen LogP contribution in [0.5, 0.6) is 0 Å². The summed E-state index contributed by atoms with van der Waals surface area (Å²) in [7, 11) is 2.08. The Balaban J connectivity index is 2.05. The molecule has 0 atom stereocenters. The summed E-state index contributed by atoms with van der Waals surface area (Å²) in [6.45, 7) is 20.2. The molecule has 0 spiro atoms. The summed E-state index contributed by atoms with van der Waals surface area (Å²) in [6, 6.07) is 13.1. The Morgan fingerprint density at radius 2 is 1.49 bits per heavy atom. The Labute approximate surface area is 218 Å². The van der Waals surface area contributed by atoms with E-state index in [1.165, 1.54) is 22.3 Å². The number of rotatable bonds is 3. The molecule has 0 amide bonds. The molecule has 4 rings (SSSR count). The first-order valence-electron chi connectivity index (χ1n) is 14.6. The van der Waals surface area contributed by atoms with Gasteiger partial charge in [-0.15, -0.1) is 0 Å². The standard InChI is InChI=1S/C34H46N/c1-21(2)25-17-29-30(34(10,11)20-33(29,8)9)18-28(25)26-16-27(23(4)15-22(26)3)31-14-13-24(19-35(31)12)32(5,6)7/h13-19,21H,20H2,1-12H3/q+1/i3D3. The number of benzene rings is 2. The molecular weight excluding hydrogens is 422 g/mol. The third kappa shape index (κ3) is 4.48. The van der Waals surface area contributed by atoms with Crippen molar-refractivity contribution in [1.82, 2.24) is 0 Å². The second-order valence-corrected chi connectivity index (χ2v) is 13.5. The predicted molar refractivity (Wildman–Crippen MR) is 151 cm³/mol. The van der Waals surface area contributed by atoms with E-state index in [-0.39, 0.29) is 22.2 Å². The molecule has 0 fully saturated rings. The van der Waals surface area contributed by atoms with Gasteiger partial charge in [-0.05, 0) is 93.4 Å². The summed E-state index contributed by atoms with van der Waals surface area (Å²) in [5.41, 5.74) is 10.9. The van der Waals surface area contributed by atoms with Gasteiger partial charge < -0.3 is 0 Å². The molecule has 0 saturated heterocycles. The lowest BCUT2D eigenvalue weighted by molar-refractivity contribution is -0.661. The fourth-order valence-electron chi connectivity index (χ4n) is 6.28. The van der Waals surface area contributed by atoms with E-state index in [1.807, 2.05) is 13.0 Å². The van der Waals surface area contributed by atoms with Crippen LogP contribution < -0.4 is 4.57 Å². The largest absolute Gasteiger partial charge is 0.212 e. The smallest absolute Gasteiger partial charge is 0.201 e. The van der Waals surface area contributed by atoms with Crippen molar-refractivity contribution in [3.05, 3.63) is 76.0 Å². The zero-order chi connectivity index (χ0) is 28.6. The van der Waals surface area contributed by atoms with Crippen LogP contribution in [0.4, 0.5) is 0 Å². The lowest BCUT2D eigenvalue weighted by atomic mass is 9.81. The Morgan fingerprint density at radius 1 is 0.857 bits per heavy atom. The van der Waals surface area contributed by atoms with E-state index in [2.05, 4.69) is 110 Å². The average Bonchev–Trinajstić information content (AvgIpc) is 2.94. The van der Waals surface area contributed by atoms with E-state index >= 15 is 0 Å². The third-order valence-electron chi connectivity index (χ3n) is 8.08. The number of aromatic nitrogens is 1. The molecule has 0 bridgehead atoms. The van der Waals surface area contributed by atoms with Crippen LogP contribution in [0.15, 0.2) is 42.6 Å². The van der Waals surface area contributed by atoms with E-state index in [0.29, 0.717) is 5.56 Å². The molecule has 1 aromatic heterocycles. The van der Waals surface area contributed by atoms with Crippen LogP contribution in [-0.4, -0.2) is 0 Å². The van der Waals surface area contributed by atoms with Crippen LogP contribution >= 0.6 is 0 Å². The van der Waals surface area contributed by atoms with Crippen molar-refractivity contribution in [1.29, 1.82) is 0 Å². The van der Waals surface area contributed by atoms with Crippen molar-refractivity contribution in [3.63, 3.8) is 0 Å². The van der Waals surface area contributed by atoms with Gasteiger partial charge in [-0.3, -0.25) is 0 Å². The fraction of sp³-hybridized carbons (Fsp3) is 0.500. The van der Waals surface area contributed by atoms with Crippen molar-refractivity contribution < 1.29 is 8.68 Å². The Bertz CT molecular complexity index is 1400. The van der Waals surface area contributed by atoms with Crippen molar-refractivity contribution in [2.75, 3.05) is 0 Å². The van der Waals surface area contributed by atoms with Gasteiger partial charge in [0.15, 0.2) is 6.20 Å². The molecule has 3 aromatic rings. The highest BCUT2D eigenvalue weighted by atomic mass is 14.9. The fourth-order valence-corrected chi connectivity index (χ4v) is 6.28. The van der Waals surface area contributed by atoms with E-state index in [4.69, 9.17) is 4.11 Å². The second-order valence-electron chi connectivity index (χ2n) is 13.5. The molecule has 0 radical (unpaired) electrons. The lowest BCUT2D eigenvalue weighted by Gasteiger charge is -2.24. The van der Waals surface area contributed by atoms with Crippen LogP contribution in [-0.2, 0) is 23.3 Å². The number of nitrogens with zero attached hydrogens (tertiary/aromatic N) is 1. The van der Waals surface area contributed by atoms with Gasteiger partial charge in [0.05, 0.1) is 0 Å². The zero-order valence-corrected chi connectivity index (χ0v) is 23.8. The van der Waals surface area contributed by atoms with Crippen LogP contribution in [0, 0.1) is 13.8 Å². The van der Waals surface area contributed by atoms with Crippen molar-refractivity contribution in [2.45, 2.75) is 105 Å². The van der Waals surface area contributed by atoms with Gasteiger partial charge in [-0.25, -0.2) is 4.57 Å². The molecule has 1 heteroatoms. The first-order chi connectivity index (χ1) is 17.2. The SMILES string of the molecule is [2H]C([2H])([2H])c1cc(C)c(-c2ccc(C(C)(C)C)c[n+]2C)cc1-c1cc2c(cc1C(C)C)C(C)(C)CC2(C)C. The van der Waals surface area contributed by atoms with Crippen molar-refractivity contribution in [3.8, 4) is 22.4 Å². The van der Waals surface area contributed by atoms with E-state index in [1.54, 1.807) is 0 Å². The molecule has 1 aliphatic rings. The maximum Gasteiger partial charge on any atom is 0.212 e. The van der Waals surface area contributed by atoms with Gasteiger partial charge in [0.2, 0.25) is 5.69 Å². The van der Waals surface area contributed by atoms with Crippen LogP contribution in [0.1, 0.15) is 112 Å². The highest BCUT2D eigenvalue weighted by molar-refractivity contribution is 5.79. The predicted octanol–water partition coefficient (Wildman–Crippen LogP) is 8.84. The summed E-state index contributed by atoms with van der Waals surface area (Å²) < 4.78 is 27.6. The van der Waals surface area contributed by atoms with Gasteiger partial charge in [0, 0.05) is 21.3 Å². The average molecular weight is 472 g/mol. The van der Waals surface area contributed by atoms with Gasteiger partial charge in [0.1, 0.15) is 7.05 Å². The van der Waals surface area contributed by atoms with Gasteiger partial charge in [0.25, 0.3) is 0 Å². The number of pyridine rings is 1. The van der Waals surface area contributed by atoms with E-state index < -0.39 is 6.85 Å². The first kappa shape index (κ1) is 21.8. The first-order valence-corrected chi connectivity index (χ1v) is 13.1. The minimum Gasteiger partial charge on any atom is -0.201 e. The molecule has 186 valence electrons. The maximum atomic E-state index is 8.47. The molecule has 0 N–H and O–H groups in total. The summed E-state index contributed by atoms with van der Waals surface area (Å²) in [5.74, 6) is 0.270. The number of fused-ring (bicyclic) bond motifs is 1. The molecular formula is C34H46N+. The quantitative estimate of drug-likeness (QED) is 0.336. The molecule has 35 heavy (non-hydrogen) atoms. The monoisotopic (exact) mass is 471 g/mol. The number of hydrogen-bond donors (Lipinski definition) is 0. The normalized spacial score (nSPS) is 18.2. The van der Waals surface area contributed by atoms with Crippen LogP contribution in [0.25, 0.3) is 22.4 Å². The Kier molecular flexibility index (Phi) is 5.19. The number of hydrogen-bond acceptors (Lipinski definition) is 0. The molecule has 1 aliphatic carbocycles. The minimum atomic E-state index is -2.21. The highest BCUT2D eigenvalue weighted by Crippen LogP contribution is 2.52. The Hall–Kier alpha value is -2.41. The van der Waals surface area contributed by atoms with E-state index in [9.17, 15) is 0 Å². The van der Waals surface area contributed by atoms with E-state index in [0.717, 1.165) is 34.4 Å². The van der Waals surface area contributed by atoms with Crippen LogP contribution in [0.3, 0.4) is 0 Å². The molecule has 2 aromatic carbocycles. The summed E-state index contributed by atoms with van der Waals surface area (Å²) in [4.78, 5) is 0. The zero-order valence-electron chi connectivity index (χ0n) is 26.8. The van der Waals surface area contributed by atoms with Gasteiger partial charge >= 0.3 is 0 Å². The summed E-state index contributed by atoms with van der Waals surface area (Å²) in [5, 5.41) is 0. The molecule has 0 saturated carbocycles. The van der Waals surface area contributed by atoms with Crippen molar-refractivity contribution in [2.24, 2.45) is 7.05 Å². The van der Waals surface area contributed by atoms with Gasteiger partial charge in [-0.1, -0.05) is 80.5 Å². The molecule has 0 unspecified atom stereocenters. The second kappa shape index (κ2) is 8.32. The summed E-state index contributed by atoms with van der Waals surface area (Å²) in [6.07, 6.45) is 3.28. The Morgan fingerprint density at radius 3 is 2.03 bits per heavy atom. The number of aryl methyl sites for hydroxylation is 3. The maximum absolute atomic E-state index is 8.47. The molecule has 1 nitrogen and oxygen atoms in total. The lowest BCUT2D eigenvalue weighted by Crippen LogP contribution is -2.33. The van der Waals surface area contributed by atoms with Crippen LogP contribution in [0.2, 0.25) is 0 Å². The summed E-state index contributed by atoms with van der Waals surface area (Å²) >= 11 is 0. The van der Waals surface area contributed by atoms with Gasteiger partial charge in [-0.2, -0.15) is 0 Å². The topological polar surface area (TPSA) is 3.88 Å². The highest BCUT2D eigenvalue weighted by Gasteiger charge is 2.42. The molecule has 0 aliphatic heterocycles. The third-order valence-corrected chi connectivity index (χ3v) is 8.08.